The molecule has 0 fully saturated rings. The van der Waals surface area contributed by atoms with Crippen LogP contribution in [0.1, 0.15) is 86.8 Å². The number of anilines is 3. The van der Waals surface area contributed by atoms with Crippen molar-refractivity contribution in [3.05, 3.63) is 185 Å². The zero-order valence-electron chi connectivity index (χ0n) is 37.6. The number of nitrogens with zero attached hydrogens (tertiary/aromatic N) is 1. The molecule has 0 heterocycles. The third kappa shape index (κ3) is 6.82. The Hall–Kier alpha value is -5.49. The standard InChI is InChI=1S/C58H61NSi2/c1-9-57(10-2)51-36-40(24-32-47(51)49-34-28-43(38-53(49)57)42-26-30-46(31-27-42)61(6,7)8)22-23-41-25-33-48-50-35-29-45(39-54(50)58(11-3,12-4)52(48)37-41)59(44-18-14-13-15-19-44)55-20-16-17-21-56(55)60-5/h13-39H,9-12,60H2,1-8H3/b23-22+. The van der Waals surface area contributed by atoms with Crippen LogP contribution in [0.4, 0.5) is 17.1 Å². The molecule has 0 saturated heterocycles. The van der Waals surface area contributed by atoms with E-state index in [9.17, 15) is 0 Å². The summed E-state index contributed by atoms with van der Waals surface area (Å²) in [6.45, 7) is 19.2. The smallest absolute Gasteiger partial charge is 0.0775 e. The van der Waals surface area contributed by atoms with Crippen LogP contribution in [0.15, 0.2) is 152 Å². The van der Waals surface area contributed by atoms with Crippen molar-refractivity contribution in [1.82, 2.24) is 0 Å². The largest absolute Gasteiger partial charge is 0.311 e. The number of para-hydroxylation sites is 2. The first-order valence-corrected chi connectivity index (χ1v) is 28.5. The van der Waals surface area contributed by atoms with Gasteiger partial charge in [-0.1, -0.05) is 186 Å². The lowest BCUT2D eigenvalue weighted by molar-refractivity contribution is 0.490. The van der Waals surface area contributed by atoms with Crippen LogP contribution in [-0.4, -0.2) is 17.6 Å². The maximum atomic E-state index is 2.52. The first-order valence-electron chi connectivity index (χ1n) is 22.9. The fourth-order valence-corrected chi connectivity index (χ4v) is 13.1. The van der Waals surface area contributed by atoms with Gasteiger partial charge in [0.25, 0.3) is 0 Å². The van der Waals surface area contributed by atoms with Gasteiger partial charge in [0.1, 0.15) is 0 Å². The molecule has 7 aromatic carbocycles. The Kier molecular flexibility index (Phi) is 10.8. The summed E-state index contributed by atoms with van der Waals surface area (Å²) < 4.78 is 0. The van der Waals surface area contributed by atoms with Crippen molar-refractivity contribution in [3.63, 3.8) is 0 Å². The molecule has 0 amide bonds. The van der Waals surface area contributed by atoms with Crippen LogP contribution in [0.2, 0.25) is 26.2 Å². The Morgan fingerprint density at radius 1 is 0.475 bits per heavy atom. The van der Waals surface area contributed by atoms with Gasteiger partial charge in [0.15, 0.2) is 0 Å². The van der Waals surface area contributed by atoms with Crippen LogP contribution in [0.25, 0.3) is 45.5 Å². The van der Waals surface area contributed by atoms with E-state index < -0.39 is 8.07 Å². The van der Waals surface area contributed by atoms with Crippen molar-refractivity contribution in [3.8, 4) is 33.4 Å². The molecule has 3 heteroatoms. The Morgan fingerprint density at radius 3 is 1.49 bits per heavy atom. The van der Waals surface area contributed by atoms with E-state index >= 15 is 0 Å². The van der Waals surface area contributed by atoms with Crippen LogP contribution in [0.5, 0.6) is 0 Å². The molecular weight excluding hydrogens is 767 g/mol. The first-order chi connectivity index (χ1) is 29.6. The Labute approximate surface area is 369 Å². The second-order valence-electron chi connectivity index (χ2n) is 18.5. The summed E-state index contributed by atoms with van der Waals surface area (Å²) in [6, 6.07) is 58.3. The van der Waals surface area contributed by atoms with Gasteiger partial charge in [-0.3, -0.25) is 0 Å². The lowest BCUT2D eigenvalue weighted by Gasteiger charge is -2.32. The zero-order chi connectivity index (χ0) is 42.5. The molecule has 7 aromatic rings. The summed E-state index contributed by atoms with van der Waals surface area (Å²) in [4.78, 5) is 2.49. The molecule has 9 rings (SSSR count). The molecule has 2 aliphatic rings. The minimum absolute atomic E-state index is 0.000505. The van der Waals surface area contributed by atoms with Gasteiger partial charge in [-0.2, -0.15) is 0 Å². The van der Waals surface area contributed by atoms with Gasteiger partial charge in [-0.15, -0.1) is 0 Å². The average molecular weight is 828 g/mol. The van der Waals surface area contributed by atoms with Crippen molar-refractivity contribution in [2.24, 2.45) is 0 Å². The number of hydrogen-bond acceptors (Lipinski definition) is 1. The van der Waals surface area contributed by atoms with Crippen LogP contribution in [-0.2, 0) is 10.8 Å². The van der Waals surface area contributed by atoms with E-state index in [0.717, 1.165) is 25.7 Å². The van der Waals surface area contributed by atoms with E-state index in [-0.39, 0.29) is 20.3 Å². The number of rotatable bonds is 12. The van der Waals surface area contributed by atoms with E-state index in [1.165, 1.54) is 94.2 Å². The minimum atomic E-state index is -1.35. The molecule has 0 saturated carbocycles. The van der Waals surface area contributed by atoms with E-state index in [0.29, 0.717) is 0 Å². The normalized spacial score (nSPS) is 14.6. The van der Waals surface area contributed by atoms with Crippen LogP contribution in [0, 0.1) is 0 Å². The highest BCUT2D eigenvalue weighted by atomic mass is 28.3. The van der Waals surface area contributed by atoms with Crippen molar-refractivity contribution in [2.75, 3.05) is 4.90 Å². The highest BCUT2D eigenvalue weighted by molar-refractivity contribution is 6.88. The molecule has 0 aromatic heterocycles. The van der Waals surface area contributed by atoms with E-state index in [2.05, 4.69) is 223 Å². The molecule has 0 unspecified atom stereocenters. The third-order valence-electron chi connectivity index (χ3n) is 14.6. The topological polar surface area (TPSA) is 3.24 Å². The molecule has 0 atom stereocenters. The van der Waals surface area contributed by atoms with Gasteiger partial charge in [0.2, 0.25) is 0 Å². The molecule has 0 N–H and O–H groups in total. The number of hydrogen-bond donors (Lipinski definition) is 0. The highest BCUT2D eigenvalue weighted by Crippen LogP contribution is 2.56. The SMILES string of the molecule is CCC1(CC)c2cc(/C=C/c3ccc4c(c3)C(CC)(CC)c3cc(N(c5ccccc5)c5ccccc5[SiH2]C)ccc3-4)ccc2-c2ccc(-c3ccc([Si](C)(C)C)cc3)cc21. The van der Waals surface area contributed by atoms with E-state index in [1.54, 1.807) is 0 Å². The second-order valence-corrected chi connectivity index (χ2v) is 25.0. The number of benzene rings is 7. The summed E-state index contributed by atoms with van der Waals surface area (Å²) in [6.07, 6.45) is 8.95. The minimum Gasteiger partial charge on any atom is -0.311 e. The molecule has 0 aliphatic heterocycles. The van der Waals surface area contributed by atoms with E-state index in [1.807, 2.05) is 0 Å². The summed E-state index contributed by atoms with van der Waals surface area (Å²) in [5, 5.41) is 3.00. The molecule has 61 heavy (non-hydrogen) atoms. The van der Waals surface area contributed by atoms with Gasteiger partial charge < -0.3 is 4.90 Å². The van der Waals surface area contributed by atoms with Crippen molar-refractivity contribution in [2.45, 2.75) is 90.4 Å². The van der Waals surface area contributed by atoms with Crippen LogP contribution in [0.3, 0.4) is 0 Å². The predicted molar refractivity (Wildman–Crippen MR) is 273 cm³/mol. The lowest BCUT2D eigenvalue weighted by atomic mass is 9.73. The molecule has 0 bridgehead atoms. The maximum absolute atomic E-state index is 2.52. The highest BCUT2D eigenvalue weighted by Gasteiger charge is 2.42. The summed E-state index contributed by atoms with van der Waals surface area (Å²) in [7, 11) is -1.74. The molecule has 0 spiro atoms. The summed E-state index contributed by atoms with van der Waals surface area (Å²) >= 11 is 0. The van der Waals surface area contributed by atoms with Crippen LogP contribution < -0.4 is 15.3 Å². The van der Waals surface area contributed by atoms with Gasteiger partial charge in [0.05, 0.1) is 17.6 Å². The Morgan fingerprint density at radius 2 is 0.951 bits per heavy atom. The Balaban J connectivity index is 1.05. The quantitative estimate of drug-likeness (QED) is 0.0876. The van der Waals surface area contributed by atoms with Gasteiger partial charge in [0, 0.05) is 27.9 Å². The Bertz CT molecular complexity index is 2760. The van der Waals surface area contributed by atoms with Crippen molar-refractivity contribution in [1.29, 1.82) is 0 Å². The van der Waals surface area contributed by atoms with Crippen molar-refractivity contribution >= 4 is 57.2 Å². The van der Waals surface area contributed by atoms with Crippen LogP contribution >= 0.6 is 0 Å². The first kappa shape index (κ1) is 40.9. The molecule has 2 aliphatic carbocycles. The van der Waals surface area contributed by atoms with Gasteiger partial charge >= 0.3 is 0 Å². The van der Waals surface area contributed by atoms with E-state index in [4.69, 9.17) is 0 Å². The van der Waals surface area contributed by atoms with Gasteiger partial charge in [-0.25, -0.2) is 0 Å². The maximum Gasteiger partial charge on any atom is 0.0775 e. The summed E-state index contributed by atoms with van der Waals surface area (Å²) in [5.74, 6) is 0. The number of fused-ring (bicyclic) bond motifs is 6. The molecule has 1 nitrogen and oxygen atoms in total. The zero-order valence-corrected chi connectivity index (χ0v) is 40.0. The fraction of sp³-hybridized carbons (Fsp3) is 0.241. The fourth-order valence-electron chi connectivity index (χ4n) is 11.0. The average Bonchev–Trinajstić information content (AvgIpc) is 3.74. The second kappa shape index (κ2) is 16.1. The van der Waals surface area contributed by atoms with Gasteiger partial charge in [-0.05, 0) is 134 Å². The summed E-state index contributed by atoms with van der Waals surface area (Å²) in [5.41, 5.74) is 20.3. The molecule has 0 radical (unpaired) electrons. The molecular formula is C58H61NSi2. The predicted octanol–water partition coefficient (Wildman–Crippen LogP) is 14.6. The molecule has 306 valence electrons. The lowest BCUT2D eigenvalue weighted by Crippen LogP contribution is -2.37. The monoisotopic (exact) mass is 827 g/mol. The van der Waals surface area contributed by atoms with Crippen molar-refractivity contribution < 1.29 is 0 Å². The third-order valence-corrected chi connectivity index (χ3v) is 18.0.